The molecule has 58 valence electrons. The summed E-state index contributed by atoms with van der Waals surface area (Å²) in [5, 5.41) is 1.72. The molecule has 0 atom stereocenters. The molecule has 0 amide bonds. The first-order chi connectivity index (χ1) is 4.93. The third-order valence-electron chi connectivity index (χ3n) is 2.51. The van der Waals surface area contributed by atoms with Gasteiger partial charge in [0, 0.05) is 0 Å². The van der Waals surface area contributed by atoms with Crippen LogP contribution in [0.15, 0.2) is 23.9 Å². The van der Waals surface area contributed by atoms with E-state index in [0.29, 0.717) is 18.7 Å². The van der Waals surface area contributed by atoms with Gasteiger partial charge in [0.2, 0.25) is 0 Å². The highest BCUT2D eigenvalue weighted by Gasteiger charge is 2.34. The summed E-state index contributed by atoms with van der Waals surface area (Å²) in [5.41, 5.74) is 0. The molecule has 0 nitrogen and oxygen atoms in total. The summed E-state index contributed by atoms with van der Waals surface area (Å²) >= 11 is 0. The topological polar surface area (TPSA) is 0 Å². The molecule has 1 aliphatic heterocycles. The van der Waals surface area contributed by atoms with Crippen molar-refractivity contribution in [1.29, 1.82) is 0 Å². The second-order valence-corrected chi connectivity index (χ2v) is 4.59. The summed E-state index contributed by atoms with van der Waals surface area (Å²) in [6, 6.07) is 0. The fourth-order valence-corrected chi connectivity index (χ4v) is 1.65. The number of rotatable bonds is 0. The molecule has 0 aromatic carbocycles. The zero-order valence-electron chi connectivity index (χ0n) is 8.02. The molecule has 1 heterocycles. The van der Waals surface area contributed by atoms with Gasteiger partial charge in [-0.3, -0.25) is 0 Å². The SMILES string of the molecule is C=C1B(C)C=CB1C(C)(C)C. The standard InChI is InChI=1S/C9H16B2/c1-8-10(5)6-7-11(8)9(2,3)4/h6-7H,1H2,2-5H3. The first kappa shape index (κ1) is 8.70. The Morgan fingerprint density at radius 3 is 2.00 bits per heavy atom. The van der Waals surface area contributed by atoms with Crippen LogP contribution in [-0.4, -0.2) is 13.4 Å². The van der Waals surface area contributed by atoms with Gasteiger partial charge in [0.1, 0.15) is 0 Å². The zero-order chi connectivity index (χ0) is 8.65. The van der Waals surface area contributed by atoms with Gasteiger partial charge in [-0.25, -0.2) is 0 Å². The molecule has 0 spiro atoms. The van der Waals surface area contributed by atoms with E-state index in [1.807, 2.05) is 0 Å². The minimum Gasteiger partial charge on any atom is -0.129 e. The van der Waals surface area contributed by atoms with Crippen LogP contribution in [0.4, 0.5) is 0 Å². The average Bonchev–Trinajstić information content (AvgIpc) is 2.11. The molecule has 0 saturated heterocycles. The molecule has 2 heteroatoms. The smallest absolute Gasteiger partial charge is 0.129 e. The molecule has 11 heavy (non-hydrogen) atoms. The predicted octanol–water partition coefficient (Wildman–Crippen LogP) is 2.69. The Bertz CT molecular complexity index is 198. The van der Waals surface area contributed by atoms with Crippen LogP contribution in [0.3, 0.4) is 0 Å². The van der Waals surface area contributed by atoms with Gasteiger partial charge in [0.25, 0.3) is 0 Å². The van der Waals surface area contributed by atoms with Gasteiger partial charge in [-0.1, -0.05) is 32.9 Å². The Kier molecular flexibility index (Phi) is 2.04. The highest BCUT2D eigenvalue weighted by molar-refractivity contribution is 6.98. The van der Waals surface area contributed by atoms with Crippen LogP contribution < -0.4 is 0 Å². The average molecular weight is 146 g/mol. The fraction of sp³-hybridized carbons (Fsp3) is 0.556. The first-order valence-corrected chi connectivity index (χ1v) is 4.30. The third kappa shape index (κ3) is 1.61. The van der Waals surface area contributed by atoms with Crippen LogP contribution >= 0.6 is 0 Å². The van der Waals surface area contributed by atoms with E-state index in [4.69, 9.17) is 0 Å². The summed E-state index contributed by atoms with van der Waals surface area (Å²) in [5.74, 6) is 4.56. The van der Waals surface area contributed by atoms with E-state index in [0.717, 1.165) is 0 Å². The van der Waals surface area contributed by atoms with E-state index < -0.39 is 0 Å². The molecule has 0 aromatic heterocycles. The van der Waals surface area contributed by atoms with Gasteiger partial charge < -0.3 is 0 Å². The van der Waals surface area contributed by atoms with Crippen LogP contribution in [0.2, 0.25) is 12.1 Å². The molecular formula is C9H16B2. The lowest BCUT2D eigenvalue weighted by molar-refractivity contribution is 0.748. The van der Waals surface area contributed by atoms with E-state index in [9.17, 15) is 0 Å². The second-order valence-electron chi connectivity index (χ2n) is 4.59. The fourth-order valence-electron chi connectivity index (χ4n) is 1.65. The third-order valence-corrected chi connectivity index (χ3v) is 2.51. The lowest BCUT2D eigenvalue weighted by Gasteiger charge is -2.24. The highest BCUT2D eigenvalue weighted by Crippen LogP contribution is 2.34. The van der Waals surface area contributed by atoms with Gasteiger partial charge >= 0.3 is 0 Å². The molecule has 0 fully saturated rings. The van der Waals surface area contributed by atoms with Crippen molar-refractivity contribution >= 4 is 13.4 Å². The molecule has 0 bridgehead atoms. The molecule has 0 aromatic rings. The van der Waals surface area contributed by atoms with Gasteiger partial charge in [0.05, 0.1) is 0 Å². The first-order valence-electron chi connectivity index (χ1n) is 4.30. The van der Waals surface area contributed by atoms with E-state index in [1.54, 1.807) is 0 Å². The van der Waals surface area contributed by atoms with E-state index >= 15 is 0 Å². The molecule has 0 N–H and O–H groups in total. The Hall–Kier alpha value is -0.390. The summed E-state index contributed by atoms with van der Waals surface area (Å²) in [6.45, 7) is 14.3. The minimum atomic E-state index is 0.346. The molecule has 0 unspecified atom stereocenters. The summed E-state index contributed by atoms with van der Waals surface area (Å²) in [4.78, 5) is 0. The highest BCUT2D eigenvalue weighted by atomic mass is 14.1. The summed E-state index contributed by atoms with van der Waals surface area (Å²) < 4.78 is 0. The van der Waals surface area contributed by atoms with Crippen LogP contribution in [0, 0.1) is 0 Å². The quantitative estimate of drug-likeness (QED) is 0.460. The van der Waals surface area contributed by atoms with Crippen LogP contribution in [0.5, 0.6) is 0 Å². The monoisotopic (exact) mass is 146 g/mol. The van der Waals surface area contributed by atoms with Gasteiger partial charge in [-0.15, -0.1) is 23.9 Å². The van der Waals surface area contributed by atoms with Crippen molar-refractivity contribution < 1.29 is 0 Å². The molecule has 0 saturated carbocycles. The van der Waals surface area contributed by atoms with Crippen LogP contribution in [0.1, 0.15) is 20.8 Å². The molecule has 1 rings (SSSR count). The maximum absolute atomic E-state index is 4.12. The van der Waals surface area contributed by atoms with Crippen LogP contribution in [0.25, 0.3) is 0 Å². The Morgan fingerprint density at radius 1 is 1.27 bits per heavy atom. The Balaban J connectivity index is 2.79. The maximum Gasteiger partial charge on any atom is 0.190 e. The van der Waals surface area contributed by atoms with Crippen molar-refractivity contribution in [3.8, 4) is 0 Å². The largest absolute Gasteiger partial charge is 0.190 e. The Labute approximate surface area is 70.9 Å². The minimum absolute atomic E-state index is 0.346. The molecule has 0 radical (unpaired) electrons. The van der Waals surface area contributed by atoms with Crippen molar-refractivity contribution in [3.05, 3.63) is 23.9 Å². The van der Waals surface area contributed by atoms with Crippen molar-refractivity contribution in [2.24, 2.45) is 0 Å². The second kappa shape index (κ2) is 2.58. The summed E-state index contributed by atoms with van der Waals surface area (Å²) in [6.07, 6.45) is 0. The van der Waals surface area contributed by atoms with Gasteiger partial charge in [0.15, 0.2) is 13.4 Å². The predicted molar refractivity (Wildman–Crippen MR) is 55.4 cm³/mol. The van der Waals surface area contributed by atoms with Crippen molar-refractivity contribution in [2.45, 2.75) is 32.9 Å². The van der Waals surface area contributed by atoms with E-state index in [1.165, 1.54) is 5.37 Å². The molecular weight excluding hydrogens is 130 g/mol. The molecule has 1 aliphatic rings. The summed E-state index contributed by atoms with van der Waals surface area (Å²) in [7, 11) is 0. The van der Waals surface area contributed by atoms with Crippen LogP contribution in [-0.2, 0) is 0 Å². The normalized spacial score (nSPS) is 18.4. The molecule has 0 aliphatic carbocycles. The maximum atomic E-state index is 4.12. The van der Waals surface area contributed by atoms with Crippen molar-refractivity contribution in [2.75, 3.05) is 0 Å². The Morgan fingerprint density at radius 2 is 1.82 bits per heavy atom. The van der Waals surface area contributed by atoms with Crippen molar-refractivity contribution in [1.82, 2.24) is 0 Å². The number of hydrogen-bond acceptors (Lipinski definition) is 0. The van der Waals surface area contributed by atoms with E-state index in [2.05, 4.69) is 46.1 Å². The lowest BCUT2D eigenvalue weighted by Crippen LogP contribution is -2.27. The lowest BCUT2D eigenvalue weighted by atomic mass is 9.25. The van der Waals surface area contributed by atoms with E-state index in [-0.39, 0.29) is 0 Å². The van der Waals surface area contributed by atoms with Crippen molar-refractivity contribution in [3.63, 3.8) is 0 Å². The number of hydrogen-bond donors (Lipinski definition) is 0. The zero-order valence-corrected chi connectivity index (χ0v) is 8.02. The van der Waals surface area contributed by atoms with Gasteiger partial charge in [-0.05, 0) is 0 Å². The van der Waals surface area contributed by atoms with Gasteiger partial charge in [-0.2, -0.15) is 0 Å².